The first kappa shape index (κ1) is 19.0. The second-order valence-corrected chi connectivity index (χ2v) is 7.33. The van der Waals surface area contributed by atoms with Crippen LogP contribution in [0.4, 0.5) is 13.6 Å². The van der Waals surface area contributed by atoms with Crippen LogP contribution < -0.4 is 5.32 Å². The summed E-state index contributed by atoms with van der Waals surface area (Å²) in [5, 5.41) is 11.0. The molecule has 1 saturated heterocycles. The maximum Gasteiger partial charge on any atom is 0.317 e. The smallest absolute Gasteiger partial charge is 0.317 e. The fourth-order valence-corrected chi connectivity index (χ4v) is 3.37. The molecule has 0 aromatic carbocycles. The fraction of sp³-hybridized carbons (Fsp3) is 0.824. The Labute approximate surface area is 151 Å². The van der Waals surface area contributed by atoms with Gasteiger partial charge in [-0.05, 0) is 25.7 Å². The van der Waals surface area contributed by atoms with Crippen LogP contribution in [0.2, 0.25) is 0 Å². The van der Waals surface area contributed by atoms with Crippen LogP contribution in [0.15, 0.2) is 4.42 Å². The third-order valence-corrected chi connectivity index (χ3v) is 5.04. The van der Waals surface area contributed by atoms with Crippen molar-refractivity contribution in [2.75, 3.05) is 19.7 Å². The Morgan fingerprint density at radius 2 is 1.96 bits per heavy atom. The van der Waals surface area contributed by atoms with E-state index in [-0.39, 0.29) is 18.0 Å². The van der Waals surface area contributed by atoms with E-state index in [4.69, 9.17) is 9.15 Å². The van der Waals surface area contributed by atoms with Crippen molar-refractivity contribution < 1.29 is 22.7 Å². The standard InChI is InChI=1S/C17H26F2N4O3/c1-10(2)15-21-22-16(26-15)13-9-23(7-8-25-13)17(24)20-12-5-3-11(4-6-12)14(18)19/h10-14H,3-9H2,1-2H3,(H,20,24). The first-order valence-corrected chi connectivity index (χ1v) is 9.22. The molecular weight excluding hydrogens is 346 g/mol. The highest BCUT2D eigenvalue weighted by atomic mass is 19.3. The van der Waals surface area contributed by atoms with E-state index in [1.807, 2.05) is 13.8 Å². The molecule has 1 aromatic heterocycles. The number of halogens is 2. The Bertz CT molecular complexity index is 603. The lowest BCUT2D eigenvalue weighted by Gasteiger charge is -2.34. The second kappa shape index (κ2) is 8.28. The predicted octanol–water partition coefficient (Wildman–Crippen LogP) is 3.10. The van der Waals surface area contributed by atoms with Gasteiger partial charge in [-0.1, -0.05) is 13.8 Å². The molecule has 1 saturated carbocycles. The van der Waals surface area contributed by atoms with Gasteiger partial charge >= 0.3 is 6.03 Å². The molecule has 2 fully saturated rings. The molecule has 2 heterocycles. The number of ether oxygens (including phenoxy) is 1. The first-order chi connectivity index (χ1) is 12.4. The normalized spacial score (nSPS) is 27.2. The van der Waals surface area contributed by atoms with E-state index in [0.29, 0.717) is 57.2 Å². The zero-order valence-corrected chi connectivity index (χ0v) is 15.2. The number of amides is 2. The van der Waals surface area contributed by atoms with Gasteiger partial charge < -0.3 is 19.4 Å². The molecule has 0 bridgehead atoms. The van der Waals surface area contributed by atoms with Gasteiger partial charge in [-0.2, -0.15) is 0 Å². The average Bonchev–Trinajstić information content (AvgIpc) is 3.13. The van der Waals surface area contributed by atoms with Crippen molar-refractivity contribution in [1.82, 2.24) is 20.4 Å². The van der Waals surface area contributed by atoms with Crippen molar-refractivity contribution in [3.8, 4) is 0 Å². The molecule has 1 aliphatic carbocycles. The van der Waals surface area contributed by atoms with Gasteiger partial charge in [0.05, 0.1) is 13.2 Å². The number of hydrogen-bond donors (Lipinski definition) is 1. The summed E-state index contributed by atoms with van der Waals surface area (Å²) >= 11 is 0. The highest BCUT2D eigenvalue weighted by Gasteiger charge is 2.32. The van der Waals surface area contributed by atoms with Gasteiger partial charge in [-0.3, -0.25) is 0 Å². The summed E-state index contributed by atoms with van der Waals surface area (Å²) in [6, 6.07) is -0.239. The van der Waals surface area contributed by atoms with Gasteiger partial charge in [0.25, 0.3) is 0 Å². The minimum absolute atomic E-state index is 0.0465. The van der Waals surface area contributed by atoms with Crippen molar-refractivity contribution in [2.45, 2.75) is 64.0 Å². The topological polar surface area (TPSA) is 80.5 Å². The van der Waals surface area contributed by atoms with Gasteiger partial charge in [-0.25, -0.2) is 13.6 Å². The zero-order chi connectivity index (χ0) is 18.7. The number of hydrogen-bond acceptors (Lipinski definition) is 5. The average molecular weight is 372 g/mol. The number of rotatable bonds is 4. The zero-order valence-electron chi connectivity index (χ0n) is 15.2. The molecule has 0 spiro atoms. The van der Waals surface area contributed by atoms with Crippen LogP contribution >= 0.6 is 0 Å². The molecule has 1 aliphatic heterocycles. The number of urea groups is 1. The monoisotopic (exact) mass is 372 g/mol. The van der Waals surface area contributed by atoms with E-state index in [9.17, 15) is 13.6 Å². The molecule has 1 N–H and O–H groups in total. The SMILES string of the molecule is CC(C)c1nnc(C2CN(C(=O)NC3CCC(C(F)F)CC3)CCO2)o1. The lowest BCUT2D eigenvalue weighted by atomic mass is 9.86. The van der Waals surface area contributed by atoms with Crippen LogP contribution in [0, 0.1) is 5.92 Å². The fourth-order valence-electron chi connectivity index (χ4n) is 3.37. The molecule has 1 unspecified atom stereocenters. The summed E-state index contributed by atoms with van der Waals surface area (Å²) in [4.78, 5) is 14.2. The molecular formula is C17H26F2N4O3. The van der Waals surface area contributed by atoms with Crippen LogP contribution in [0.25, 0.3) is 0 Å². The van der Waals surface area contributed by atoms with Gasteiger partial charge in [0.2, 0.25) is 18.2 Å². The lowest BCUT2D eigenvalue weighted by molar-refractivity contribution is -0.0300. The molecule has 2 amide bonds. The van der Waals surface area contributed by atoms with Crippen molar-refractivity contribution in [1.29, 1.82) is 0 Å². The minimum Gasteiger partial charge on any atom is -0.422 e. The Balaban J connectivity index is 1.51. The van der Waals surface area contributed by atoms with Crippen molar-refractivity contribution in [3.05, 3.63) is 11.8 Å². The van der Waals surface area contributed by atoms with Gasteiger partial charge in [0, 0.05) is 24.4 Å². The molecule has 0 radical (unpaired) electrons. The summed E-state index contributed by atoms with van der Waals surface area (Å²) in [5.74, 6) is 0.510. The van der Waals surface area contributed by atoms with E-state index in [2.05, 4.69) is 15.5 Å². The van der Waals surface area contributed by atoms with Crippen molar-refractivity contribution in [3.63, 3.8) is 0 Å². The van der Waals surface area contributed by atoms with E-state index < -0.39 is 18.4 Å². The maximum absolute atomic E-state index is 12.7. The van der Waals surface area contributed by atoms with Gasteiger partial charge in [0.1, 0.15) is 0 Å². The van der Waals surface area contributed by atoms with Crippen LogP contribution in [0.5, 0.6) is 0 Å². The number of carbonyl (C=O) groups excluding carboxylic acids is 1. The minimum atomic E-state index is -2.27. The molecule has 2 aliphatic rings. The lowest BCUT2D eigenvalue weighted by Crippen LogP contribution is -2.50. The highest BCUT2D eigenvalue weighted by Crippen LogP contribution is 2.29. The second-order valence-electron chi connectivity index (χ2n) is 7.33. The molecule has 1 aromatic rings. The van der Waals surface area contributed by atoms with Crippen LogP contribution in [-0.2, 0) is 4.74 Å². The molecule has 1 atom stereocenters. The summed E-state index contributed by atoms with van der Waals surface area (Å²) < 4.78 is 36.7. The molecule has 7 nitrogen and oxygen atoms in total. The number of alkyl halides is 2. The van der Waals surface area contributed by atoms with Gasteiger partial charge in [-0.15, -0.1) is 10.2 Å². The van der Waals surface area contributed by atoms with Crippen molar-refractivity contribution >= 4 is 6.03 Å². The third-order valence-electron chi connectivity index (χ3n) is 5.04. The number of aromatic nitrogens is 2. The van der Waals surface area contributed by atoms with Crippen molar-refractivity contribution in [2.24, 2.45) is 5.92 Å². The number of nitrogens with one attached hydrogen (secondary N) is 1. The summed E-state index contributed by atoms with van der Waals surface area (Å²) in [5.41, 5.74) is 0. The number of nitrogens with zero attached hydrogens (tertiary/aromatic N) is 3. The third kappa shape index (κ3) is 4.49. The first-order valence-electron chi connectivity index (χ1n) is 9.22. The summed E-state index contributed by atoms with van der Waals surface area (Å²) in [6.45, 7) is 5.11. The number of morpholine rings is 1. The Kier molecular flexibility index (Phi) is 6.05. The van der Waals surface area contributed by atoms with Gasteiger partial charge in [0.15, 0.2) is 6.10 Å². The Morgan fingerprint density at radius 3 is 2.58 bits per heavy atom. The molecule has 9 heteroatoms. The largest absolute Gasteiger partial charge is 0.422 e. The van der Waals surface area contributed by atoms with E-state index in [0.717, 1.165) is 0 Å². The quantitative estimate of drug-likeness (QED) is 0.878. The summed E-state index contributed by atoms with van der Waals surface area (Å²) in [6.07, 6.45) is -0.616. The molecule has 26 heavy (non-hydrogen) atoms. The Morgan fingerprint density at radius 1 is 1.23 bits per heavy atom. The predicted molar refractivity (Wildman–Crippen MR) is 88.9 cm³/mol. The van der Waals surface area contributed by atoms with E-state index in [1.54, 1.807) is 4.90 Å². The maximum atomic E-state index is 12.7. The Hall–Kier alpha value is -1.77. The molecule has 146 valence electrons. The van der Waals surface area contributed by atoms with E-state index >= 15 is 0 Å². The van der Waals surface area contributed by atoms with Crippen LogP contribution in [0.1, 0.15) is 63.3 Å². The molecule has 3 rings (SSSR count). The van der Waals surface area contributed by atoms with Crippen LogP contribution in [-0.4, -0.2) is 53.3 Å². The highest BCUT2D eigenvalue weighted by molar-refractivity contribution is 5.74. The summed E-state index contributed by atoms with van der Waals surface area (Å²) in [7, 11) is 0. The van der Waals surface area contributed by atoms with Crippen LogP contribution in [0.3, 0.4) is 0 Å². The van der Waals surface area contributed by atoms with E-state index in [1.165, 1.54) is 0 Å². The number of carbonyl (C=O) groups is 1.